The van der Waals surface area contributed by atoms with Gasteiger partial charge >= 0.3 is 6.61 Å². The SMILES string of the molecule is C#Cc1ccc(OC(F)F)c(F)c1. The highest BCUT2D eigenvalue weighted by Gasteiger charge is 2.09. The van der Waals surface area contributed by atoms with Crippen LogP contribution in [0, 0.1) is 18.2 Å². The van der Waals surface area contributed by atoms with Crippen molar-refractivity contribution in [3.05, 3.63) is 29.6 Å². The quantitative estimate of drug-likeness (QED) is 0.644. The van der Waals surface area contributed by atoms with Gasteiger partial charge in [-0.3, -0.25) is 0 Å². The third-order valence-corrected chi connectivity index (χ3v) is 1.31. The van der Waals surface area contributed by atoms with Crippen LogP contribution in [-0.4, -0.2) is 6.61 Å². The number of alkyl halides is 2. The van der Waals surface area contributed by atoms with Crippen molar-refractivity contribution >= 4 is 0 Å². The second-order valence-electron chi connectivity index (χ2n) is 2.17. The fourth-order valence-corrected chi connectivity index (χ4v) is 0.782. The molecule has 1 aromatic carbocycles. The maximum absolute atomic E-state index is 12.8. The Labute approximate surface area is 73.1 Å². The van der Waals surface area contributed by atoms with Gasteiger partial charge in [0.2, 0.25) is 0 Å². The summed E-state index contributed by atoms with van der Waals surface area (Å²) >= 11 is 0. The molecule has 0 heterocycles. The normalized spacial score (nSPS) is 9.77. The first-order valence-electron chi connectivity index (χ1n) is 3.34. The summed E-state index contributed by atoms with van der Waals surface area (Å²) in [4.78, 5) is 0. The van der Waals surface area contributed by atoms with E-state index in [-0.39, 0.29) is 5.56 Å². The minimum absolute atomic E-state index is 0.277. The lowest BCUT2D eigenvalue weighted by atomic mass is 10.2. The van der Waals surface area contributed by atoms with Crippen LogP contribution in [0.25, 0.3) is 0 Å². The van der Waals surface area contributed by atoms with Gasteiger partial charge in [0.15, 0.2) is 11.6 Å². The molecule has 0 aliphatic carbocycles. The molecule has 0 saturated carbocycles. The van der Waals surface area contributed by atoms with Gasteiger partial charge in [0.1, 0.15) is 0 Å². The van der Waals surface area contributed by atoms with Crippen molar-refractivity contribution < 1.29 is 17.9 Å². The number of terminal acetylenes is 1. The Kier molecular flexibility index (Phi) is 2.80. The van der Waals surface area contributed by atoms with Gasteiger partial charge < -0.3 is 4.74 Å². The van der Waals surface area contributed by atoms with Crippen molar-refractivity contribution in [2.45, 2.75) is 6.61 Å². The van der Waals surface area contributed by atoms with Gasteiger partial charge in [0.05, 0.1) is 0 Å². The standard InChI is InChI=1S/C9H5F3O/c1-2-6-3-4-8(7(10)5-6)13-9(11)12/h1,3-5,9H. The molecule has 0 aliphatic heterocycles. The van der Waals surface area contributed by atoms with E-state index in [1.165, 1.54) is 6.07 Å². The third kappa shape index (κ3) is 2.41. The van der Waals surface area contributed by atoms with Crippen molar-refractivity contribution in [3.8, 4) is 18.1 Å². The molecule has 0 spiro atoms. The minimum atomic E-state index is -3.04. The second kappa shape index (κ2) is 3.85. The summed E-state index contributed by atoms with van der Waals surface area (Å²) in [7, 11) is 0. The van der Waals surface area contributed by atoms with Gasteiger partial charge in [-0.15, -0.1) is 6.42 Å². The first-order chi connectivity index (χ1) is 6.13. The first-order valence-corrected chi connectivity index (χ1v) is 3.34. The molecule has 13 heavy (non-hydrogen) atoms. The molecule has 0 amide bonds. The van der Waals surface area contributed by atoms with E-state index in [1.54, 1.807) is 0 Å². The van der Waals surface area contributed by atoms with Gasteiger partial charge in [-0.1, -0.05) is 5.92 Å². The van der Waals surface area contributed by atoms with Crippen LogP contribution < -0.4 is 4.74 Å². The maximum atomic E-state index is 12.8. The molecule has 0 N–H and O–H groups in total. The van der Waals surface area contributed by atoms with E-state index >= 15 is 0 Å². The summed E-state index contributed by atoms with van der Waals surface area (Å²) in [6, 6.07) is 3.34. The molecule has 0 radical (unpaired) electrons. The van der Waals surface area contributed by atoms with E-state index in [2.05, 4.69) is 10.7 Å². The molecular formula is C9H5F3O. The van der Waals surface area contributed by atoms with E-state index in [4.69, 9.17) is 6.42 Å². The second-order valence-corrected chi connectivity index (χ2v) is 2.17. The van der Waals surface area contributed by atoms with Crippen molar-refractivity contribution in [1.82, 2.24) is 0 Å². The van der Waals surface area contributed by atoms with E-state index in [9.17, 15) is 13.2 Å². The Morgan fingerprint density at radius 1 is 1.38 bits per heavy atom. The summed E-state index contributed by atoms with van der Waals surface area (Å²) in [5, 5.41) is 0. The van der Waals surface area contributed by atoms with E-state index in [0.717, 1.165) is 12.1 Å². The predicted molar refractivity (Wildman–Crippen MR) is 41.0 cm³/mol. The zero-order chi connectivity index (χ0) is 9.84. The summed E-state index contributed by atoms with van der Waals surface area (Å²) in [5.41, 5.74) is 0.277. The Morgan fingerprint density at radius 3 is 2.54 bits per heavy atom. The van der Waals surface area contributed by atoms with Crippen molar-refractivity contribution in [2.75, 3.05) is 0 Å². The van der Waals surface area contributed by atoms with Crippen LogP contribution in [0.5, 0.6) is 5.75 Å². The zero-order valence-electron chi connectivity index (χ0n) is 6.43. The van der Waals surface area contributed by atoms with E-state index < -0.39 is 18.2 Å². The molecule has 1 nitrogen and oxygen atoms in total. The molecule has 0 saturated heterocycles. The molecule has 68 valence electrons. The van der Waals surface area contributed by atoms with Gasteiger partial charge in [-0.05, 0) is 18.2 Å². The smallest absolute Gasteiger partial charge is 0.387 e. The highest BCUT2D eigenvalue weighted by molar-refractivity contribution is 5.37. The molecule has 0 atom stereocenters. The van der Waals surface area contributed by atoms with Gasteiger partial charge in [-0.2, -0.15) is 8.78 Å². The number of benzene rings is 1. The lowest BCUT2D eigenvalue weighted by molar-refractivity contribution is -0.0521. The molecular weight excluding hydrogens is 181 g/mol. The maximum Gasteiger partial charge on any atom is 0.387 e. The summed E-state index contributed by atoms with van der Waals surface area (Å²) in [6.45, 7) is -3.04. The first kappa shape index (κ1) is 9.46. The fraction of sp³-hybridized carbons (Fsp3) is 0.111. The van der Waals surface area contributed by atoms with Gasteiger partial charge in [-0.25, -0.2) is 4.39 Å². The number of hydrogen-bond donors (Lipinski definition) is 0. The molecule has 0 unspecified atom stereocenters. The Balaban J connectivity index is 2.93. The zero-order valence-corrected chi connectivity index (χ0v) is 6.43. The lowest BCUT2D eigenvalue weighted by Gasteiger charge is -2.04. The van der Waals surface area contributed by atoms with Crippen LogP contribution >= 0.6 is 0 Å². The molecule has 1 aromatic rings. The predicted octanol–water partition coefficient (Wildman–Crippen LogP) is 2.41. The van der Waals surface area contributed by atoms with Crippen LogP contribution in [0.15, 0.2) is 18.2 Å². The number of ether oxygens (including phenoxy) is 1. The van der Waals surface area contributed by atoms with Gasteiger partial charge in [0.25, 0.3) is 0 Å². The number of hydrogen-bond acceptors (Lipinski definition) is 1. The summed E-state index contributed by atoms with van der Waals surface area (Å²) < 4.78 is 40.0. The lowest BCUT2D eigenvalue weighted by Crippen LogP contribution is -2.03. The molecule has 0 aromatic heterocycles. The average Bonchev–Trinajstić information content (AvgIpc) is 2.08. The van der Waals surface area contributed by atoms with Gasteiger partial charge in [0, 0.05) is 5.56 Å². The van der Waals surface area contributed by atoms with Crippen molar-refractivity contribution in [2.24, 2.45) is 0 Å². The third-order valence-electron chi connectivity index (χ3n) is 1.31. The molecule has 0 aliphatic rings. The Morgan fingerprint density at radius 2 is 2.08 bits per heavy atom. The molecule has 4 heteroatoms. The highest BCUT2D eigenvalue weighted by atomic mass is 19.3. The van der Waals surface area contributed by atoms with Crippen LogP contribution in [0.1, 0.15) is 5.56 Å². The fourth-order valence-electron chi connectivity index (χ4n) is 0.782. The van der Waals surface area contributed by atoms with Crippen LogP contribution in [0.4, 0.5) is 13.2 Å². The monoisotopic (exact) mass is 186 g/mol. The largest absolute Gasteiger partial charge is 0.432 e. The summed E-state index contributed by atoms with van der Waals surface area (Å²) in [5.74, 6) is 0.767. The van der Waals surface area contributed by atoms with E-state index in [0.29, 0.717) is 0 Å². The van der Waals surface area contributed by atoms with Crippen LogP contribution in [-0.2, 0) is 0 Å². The van der Waals surface area contributed by atoms with Crippen molar-refractivity contribution in [3.63, 3.8) is 0 Å². The summed E-state index contributed by atoms with van der Waals surface area (Å²) in [6.07, 6.45) is 4.96. The van der Waals surface area contributed by atoms with E-state index in [1.807, 2.05) is 0 Å². The molecule has 1 rings (SSSR count). The Bertz CT molecular complexity index is 341. The van der Waals surface area contributed by atoms with Crippen LogP contribution in [0.3, 0.4) is 0 Å². The minimum Gasteiger partial charge on any atom is -0.432 e. The average molecular weight is 186 g/mol. The van der Waals surface area contributed by atoms with Crippen molar-refractivity contribution in [1.29, 1.82) is 0 Å². The Hall–Kier alpha value is -1.63. The highest BCUT2D eigenvalue weighted by Crippen LogP contribution is 2.19. The molecule has 0 fully saturated rings. The molecule has 0 bridgehead atoms. The topological polar surface area (TPSA) is 9.23 Å². The number of rotatable bonds is 2. The number of halogens is 3. The van der Waals surface area contributed by atoms with Crippen LogP contribution in [0.2, 0.25) is 0 Å².